The van der Waals surface area contributed by atoms with E-state index in [0.717, 1.165) is 18.9 Å². The number of nitrogens with zero attached hydrogens (tertiary/aromatic N) is 2. The minimum absolute atomic E-state index is 0.0479. The maximum atomic E-state index is 13.3. The number of anilines is 1. The second kappa shape index (κ2) is 8.18. The number of imidazole rings is 1. The number of unbranched alkanes of at least 4 members (excludes halogenated alkanes) is 1. The van der Waals surface area contributed by atoms with Crippen LogP contribution >= 0.6 is 11.6 Å². The van der Waals surface area contributed by atoms with Crippen molar-refractivity contribution < 1.29 is 14.0 Å². The summed E-state index contributed by atoms with van der Waals surface area (Å²) in [6, 6.07) is 9.08. The van der Waals surface area contributed by atoms with Crippen LogP contribution in [0.4, 0.5) is 10.1 Å². The molecular formula is C19H18ClFN4O2. The van der Waals surface area contributed by atoms with E-state index in [1.165, 1.54) is 16.5 Å². The molecule has 2 aromatic heterocycles. The van der Waals surface area contributed by atoms with E-state index >= 15 is 0 Å². The van der Waals surface area contributed by atoms with Crippen molar-refractivity contribution in [2.75, 3.05) is 11.9 Å². The number of hydrogen-bond acceptors (Lipinski definition) is 3. The lowest BCUT2D eigenvalue weighted by Gasteiger charge is -2.05. The highest BCUT2D eigenvalue weighted by molar-refractivity contribution is 6.31. The standard InChI is InChI=1S/C19H18ClFN4O2/c1-2-3-9-22-18(26)16-15-6-4-5-10-25(15)17(24-16)19(27)23-12-7-8-14(21)13(20)11-12/h4-8,10-11H,2-3,9H2,1H3,(H,22,26)(H,23,27). The van der Waals surface area contributed by atoms with Crippen LogP contribution in [-0.4, -0.2) is 27.7 Å². The molecule has 1 aromatic carbocycles. The van der Waals surface area contributed by atoms with E-state index in [2.05, 4.69) is 15.6 Å². The van der Waals surface area contributed by atoms with Gasteiger partial charge in [-0.15, -0.1) is 0 Å². The number of hydrogen-bond donors (Lipinski definition) is 2. The summed E-state index contributed by atoms with van der Waals surface area (Å²) in [4.78, 5) is 29.3. The number of fused-ring (bicyclic) bond motifs is 1. The smallest absolute Gasteiger partial charge is 0.292 e. The zero-order valence-electron chi connectivity index (χ0n) is 14.6. The van der Waals surface area contributed by atoms with E-state index in [1.54, 1.807) is 24.4 Å². The summed E-state index contributed by atoms with van der Waals surface area (Å²) in [5.41, 5.74) is 1.02. The van der Waals surface area contributed by atoms with Crippen LogP contribution in [0.1, 0.15) is 40.9 Å². The van der Waals surface area contributed by atoms with E-state index in [0.29, 0.717) is 17.7 Å². The van der Waals surface area contributed by atoms with Gasteiger partial charge in [0.2, 0.25) is 5.82 Å². The maximum absolute atomic E-state index is 13.3. The van der Waals surface area contributed by atoms with Crippen molar-refractivity contribution in [2.24, 2.45) is 0 Å². The van der Waals surface area contributed by atoms with Crippen molar-refractivity contribution in [2.45, 2.75) is 19.8 Å². The molecule has 2 amide bonds. The van der Waals surface area contributed by atoms with Crippen LogP contribution in [-0.2, 0) is 0 Å². The second-order valence-electron chi connectivity index (χ2n) is 5.93. The van der Waals surface area contributed by atoms with Gasteiger partial charge in [-0.1, -0.05) is 31.0 Å². The van der Waals surface area contributed by atoms with Crippen LogP contribution in [0.25, 0.3) is 5.52 Å². The molecule has 140 valence electrons. The minimum atomic E-state index is -0.577. The molecule has 8 heteroatoms. The first-order valence-electron chi connectivity index (χ1n) is 8.53. The number of aromatic nitrogens is 2. The molecule has 0 fully saturated rings. The molecule has 3 aromatic rings. The summed E-state index contributed by atoms with van der Waals surface area (Å²) in [5.74, 6) is -1.40. The Morgan fingerprint density at radius 3 is 2.78 bits per heavy atom. The molecule has 27 heavy (non-hydrogen) atoms. The fraction of sp³-hybridized carbons (Fsp3) is 0.211. The summed E-state index contributed by atoms with van der Waals surface area (Å²) >= 11 is 5.74. The van der Waals surface area contributed by atoms with Gasteiger partial charge in [0.25, 0.3) is 11.8 Å². The van der Waals surface area contributed by atoms with Gasteiger partial charge in [0, 0.05) is 18.4 Å². The highest BCUT2D eigenvalue weighted by Crippen LogP contribution is 2.20. The summed E-state index contributed by atoms with van der Waals surface area (Å²) < 4.78 is 14.8. The van der Waals surface area contributed by atoms with E-state index in [9.17, 15) is 14.0 Å². The predicted molar refractivity (Wildman–Crippen MR) is 102 cm³/mol. The molecule has 0 saturated heterocycles. The van der Waals surface area contributed by atoms with Crippen LogP contribution in [0, 0.1) is 5.82 Å². The van der Waals surface area contributed by atoms with Crippen molar-refractivity contribution in [1.29, 1.82) is 0 Å². The molecule has 3 rings (SSSR count). The van der Waals surface area contributed by atoms with Crippen LogP contribution in [0.3, 0.4) is 0 Å². The topological polar surface area (TPSA) is 75.5 Å². The van der Waals surface area contributed by atoms with E-state index in [4.69, 9.17) is 11.6 Å². The number of benzene rings is 1. The van der Waals surface area contributed by atoms with Crippen molar-refractivity contribution >= 4 is 34.6 Å². The first kappa shape index (κ1) is 18.8. The molecule has 0 aliphatic rings. The first-order valence-corrected chi connectivity index (χ1v) is 8.90. The molecule has 0 bridgehead atoms. The SMILES string of the molecule is CCCCNC(=O)c1nc(C(=O)Nc2ccc(F)c(Cl)c2)n2ccccc12. The Morgan fingerprint density at radius 2 is 2.04 bits per heavy atom. The quantitative estimate of drug-likeness (QED) is 0.628. The number of halogens is 2. The Hall–Kier alpha value is -2.93. The predicted octanol–water partition coefficient (Wildman–Crippen LogP) is 3.91. The molecule has 0 radical (unpaired) electrons. The Kier molecular flexibility index (Phi) is 5.71. The Morgan fingerprint density at radius 1 is 1.22 bits per heavy atom. The molecule has 2 heterocycles. The molecular weight excluding hydrogens is 371 g/mol. The van der Waals surface area contributed by atoms with Crippen molar-refractivity contribution in [1.82, 2.24) is 14.7 Å². The molecule has 0 aliphatic carbocycles. The largest absolute Gasteiger partial charge is 0.351 e. The van der Waals surface area contributed by atoms with Crippen molar-refractivity contribution in [3.63, 3.8) is 0 Å². The second-order valence-corrected chi connectivity index (χ2v) is 6.34. The normalized spacial score (nSPS) is 10.8. The van der Waals surface area contributed by atoms with E-state index in [1.807, 2.05) is 6.92 Å². The Balaban J connectivity index is 1.90. The van der Waals surface area contributed by atoms with Crippen LogP contribution in [0.2, 0.25) is 5.02 Å². The van der Waals surface area contributed by atoms with Crippen LogP contribution in [0.15, 0.2) is 42.6 Å². The third-order valence-corrected chi connectivity index (χ3v) is 4.25. The monoisotopic (exact) mass is 388 g/mol. The third-order valence-electron chi connectivity index (χ3n) is 3.96. The lowest BCUT2D eigenvalue weighted by molar-refractivity contribution is 0.0950. The van der Waals surface area contributed by atoms with Gasteiger partial charge in [-0.25, -0.2) is 9.37 Å². The van der Waals surface area contributed by atoms with Gasteiger partial charge in [0.1, 0.15) is 5.82 Å². The van der Waals surface area contributed by atoms with Crippen molar-refractivity contribution in [3.05, 3.63) is 65.0 Å². The number of carbonyl (C=O) groups is 2. The Bertz CT molecular complexity index is 1000. The van der Waals surface area contributed by atoms with Crippen LogP contribution < -0.4 is 10.6 Å². The molecule has 0 atom stereocenters. The van der Waals surface area contributed by atoms with Crippen molar-refractivity contribution in [3.8, 4) is 0 Å². The number of pyridine rings is 1. The van der Waals surface area contributed by atoms with Gasteiger partial charge < -0.3 is 10.6 Å². The molecule has 0 saturated carbocycles. The van der Waals surface area contributed by atoms with Gasteiger partial charge in [-0.05, 0) is 36.8 Å². The van der Waals surface area contributed by atoms with Gasteiger partial charge in [-0.2, -0.15) is 0 Å². The average molecular weight is 389 g/mol. The fourth-order valence-corrected chi connectivity index (χ4v) is 2.77. The van der Waals surface area contributed by atoms with Gasteiger partial charge in [0.05, 0.1) is 10.5 Å². The third kappa shape index (κ3) is 4.09. The fourth-order valence-electron chi connectivity index (χ4n) is 2.59. The average Bonchev–Trinajstić information content (AvgIpc) is 3.05. The summed E-state index contributed by atoms with van der Waals surface area (Å²) in [6.07, 6.45) is 3.46. The minimum Gasteiger partial charge on any atom is -0.351 e. The summed E-state index contributed by atoms with van der Waals surface area (Å²) in [5, 5.41) is 5.32. The van der Waals surface area contributed by atoms with E-state index in [-0.39, 0.29) is 22.4 Å². The molecule has 0 spiro atoms. The first-order chi connectivity index (χ1) is 13.0. The molecule has 6 nitrogen and oxygen atoms in total. The lowest BCUT2D eigenvalue weighted by Crippen LogP contribution is -2.25. The number of rotatable bonds is 6. The molecule has 0 unspecified atom stereocenters. The van der Waals surface area contributed by atoms with Gasteiger partial charge in [-0.3, -0.25) is 14.0 Å². The number of nitrogens with one attached hydrogen (secondary N) is 2. The highest BCUT2D eigenvalue weighted by atomic mass is 35.5. The van der Waals surface area contributed by atoms with Gasteiger partial charge in [0.15, 0.2) is 5.69 Å². The van der Waals surface area contributed by atoms with E-state index < -0.39 is 11.7 Å². The number of carbonyl (C=O) groups excluding carboxylic acids is 2. The highest BCUT2D eigenvalue weighted by Gasteiger charge is 2.21. The number of amides is 2. The zero-order valence-corrected chi connectivity index (χ0v) is 15.4. The zero-order chi connectivity index (χ0) is 19.4. The summed E-state index contributed by atoms with van der Waals surface area (Å²) in [6.45, 7) is 2.57. The van der Waals surface area contributed by atoms with Gasteiger partial charge >= 0.3 is 0 Å². The summed E-state index contributed by atoms with van der Waals surface area (Å²) in [7, 11) is 0. The van der Waals surface area contributed by atoms with Crippen LogP contribution in [0.5, 0.6) is 0 Å². The molecule has 0 aliphatic heterocycles. The maximum Gasteiger partial charge on any atom is 0.292 e. The Labute approximate surface area is 160 Å². The molecule has 2 N–H and O–H groups in total. The lowest BCUT2D eigenvalue weighted by atomic mass is 10.3.